The number of aliphatic carboxylic acids is 1. The van der Waals surface area contributed by atoms with Crippen molar-refractivity contribution in [2.24, 2.45) is 11.8 Å². The molecule has 25 heavy (non-hydrogen) atoms. The highest BCUT2D eigenvalue weighted by atomic mass is 16.5. The van der Waals surface area contributed by atoms with Crippen molar-refractivity contribution in [3.8, 4) is 0 Å². The Morgan fingerprint density at radius 3 is 2.72 bits per heavy atom. The summed E-state index contributed by atoms with van der Waals surface area (Å²) in [6.07, 6.45) is 3.00. The summed E-state index contributed by atoms with van der Waals surface area (Å²) < 4.78 is 10.8. The molecule has 1 spiro atoms. The second kappa shape index (κ2) is 5.42. The number of nitrogens with zero attached hydrogens (tertiary/aromatic N) is 1. The van der Waals surface area contributed by atoms with Crippen LogP contribution in [-0.2, 0) is 19.1 Å². The van der Waals surface area contributed by atoms with E-state index in [-0.39, 0.29) is 19.1 Å². The highest BCUT2D eigenvalue weighted by Gasteiger charge is 2.67. The van der Waals surface area contributed by atoms with Gasteiger partial charge in [-0.2, -0.15) is 0 Å². The van der Waals surface area contributed by atoms with Crippen molar-refractivity contribution in [3.05, 3.63) is 42.0 Å². The van der Waals surface area contributed by atoms with E-state index in [1.807, 2.05) is 6.08 Å². The molecular weight excluding hydrogens is 326 g/mol. The molecule has 3 aliphatic rings. The minimum atomic E-state index is -1.02. The number of ether oxygens (including phenoxy) is 2. The van der Waals surface area contributed by atoms with Gasteiger partial charge in [-0.1, -0.05) is 12.2 Å². The van der Waals surface area contributed by atoms with E-state index in [1.54, 1.807) is 37.3 Å². The fourth-order valence-corrected chi connectivity index (χ4v) is 3.99. The molecule has 0 aliphatic carbocycles. The van der Waals surface area contributed by atoms with Crippen molar-refractivity contribution in [3.63, 3.8) is 0 Å². The monoisotopic (exact) mass is 343 g/mol. The Labute approximate surface area is 143 Å². The number of rotatable bonds is 4. The van der Waals surface area contributed by atoms with Crippen LogP contribution >= 0.6 is 0 Å². The van der Waals surface area contributed by atoms with Crippen LogP contribution in [0, 0.1) is 11.8 Å². The predicted molar refractivity (Wildman–Crippen MR) is 86.1 cm³/mol. The van der Waals surface area contributed by atoms with E-state index < -0.39 is 35.5 Å². The van der Waals surface area contributed by atoms with E-state index in [4.69, 9.17) is 9.47 Å². The molecule has 2 bridgehead atoms. The van der Waals surface area contributed by atoms with E-state index in [0.717, 1.165) is 0 Å². The van der Waals surface area contributed by atoms with Gasteiger partial charge in [0.15, 0.2) is 0 Å². The van der Waals surface area contributed by atoms with E-state index in [1.165, 1.54) is 4.90 Å². The fourth-order valence-electron chi connectivity index (χ4n) is 3.99. The lowest BCUT2D eigenvalue weighted by Crippen LogP contribution is -2.39. The summed E-state index contributed by atoms with van der Waals surface area (Å²) in [5.74, 6) is -3.28. The molecule has 2 fully saturated rings. The summed E-state index contributed by atoms with van der Waals surface area (Å²) in [6.45, 7) is 2.29. The quantitative estimate of drug-likeness (QED) is 0.653. The first-order valence-corrected chi connectivity index (χ1v) is 8.15. The van der Waals surface area contributed by atoms with Crippen LogP contribution in [0.25, 0.3) is 0 Å². The minimum Gasteiger partial charge on any atom is -0.481 e. The second-order valence-electron chi connectivity index (χ2n) is 6.43. The van der Waals surface area contributed by atoms with Crippen LogP contribution < -0.4 is 4.90 Å². The van der Waals surface area contributed by atoms with E-state index in [2.05, 4.69) is 0 Å². The summed E-state index contributed by atoms with van der Waals surface area (Å²) in [5.41, 5.74) is 0.132. The molecule has 4 rings (SSSR count). The van der Waals surface area contributed by atoms with Gasteiger partial charge in [-0.05, 0) is 31.2 Å². The van der Waals surface area contributed by atoms with E-state index in [9.17, 15) is 19.5 Å². The predicted octanol–water partition coefficient (Wildman–Crippen LogP) is 1.23. The van der Waals surface area contributed by atoms with Crippen molar-refractivity contribution in [2.75, 3.05) is 18.1 Å². The van der Waals surface area contributed by atoms with Gasteiger partial charge in [0.1, 0.15) is 11.5 Å². The number of esters is 1. The average molecular weight is 343 g/mol. The summed E-state index contributed by atoms with van der Waals surface area (Å²) in [6, 6.07) is 6.51. The lowest BCUT2D eigenvalue weighted by Gasteiger charge is -2.21. The molecule has 3 aliphatic heterocycles. The first kappa shape index (κ1) is 15.8. The van der Waals surface area contributed by atoms with Crippen molar-refractivity contribution >= 4 is 23.5 Å². The van der Waals surface area contributed by atoms with Gasteiger partial charge in [0.05, 0.1) is 30.7 Å². The lowest BCUT2D eigenvalue weighted by molar-refractivity contribution is -0.146. The Morgan fingerprint density at radius 1 is 1.36 bits per heavy atom. The molecule has 7 nitrogen and oxygen atoms in total. The molecule has 130 valence electrons. The molecule has 1 amide bonds. The molecular formula is C18H17NO6. The number of amides is 1. The van der Waals surface area contributed by atoms with Gasteiger partial charge < -0.3 is 19.5 Å². The van der Waals surface area contributed by atoms with Gasteiger partial charge in [-0.15, -0.1) is 0 Å². The topological polar surface area (TPSA) is 93.1 Å². The first-order valence-electron chi connectivity index (χ1n) is 8.15. The van der Waals surface area contributed by atoms with Crippen LogP contribution in [0.4, 0.5) is 5.69 Å². The van der Waals surface area contributed by atoms with Crippen LogP contribution in [0.1, 0.15) is 17.3 Å². The van der Waals surface area contributed by atoms with Crippen LogP contribution in [0.15, 0.2) is 36.4 Å². The van der Waals surface area contributed by atoms with Gasteiger partial charge in [0, 0.05) is 5.69 Å². The molecule has 0 unspecified atom stereocenters. The molecule has 3 heterocycles. The summed E-state index contributed by atoms with van der Waals surface area (Å²) in [7, 11) is 0. The smallest absolute Gasteiger partial charge is 0.338 e. The Kier molecular flexibility index (Phi) is 3.43. The molecule has 0 aromatic heterocycles. The highest BCUT2D eigenvalue weighted by molar-refractivity contribution is 6.02. The maximum absolute atomic E-state index is 12.9. The molecule has 4 atom stereocenters. The lowest BCUT2D eigenvalue weighted by atomic mass is 9.77. The Balaban J connectivity index is 1.61. The van der Waals surface area contributed by atoms with Crippen LogP contribution in [0.2, 0.25) is 0 Å². The van der Waals surface area contributed by atoms with Crippen LogP contribution in [0.5, 0.6) is 0 Å². The number of carboxylic acids is 1. The van der Waals surface area contributed by atoms with Gasteiger partial charge >= 0.3 is 11.9 Å². The first-order chi connectivity index (χ1) is 12.0. The summed E-state index contributed by atoms with van der Waals surface area (Å²) >= 11 is 0. The zero-order valence-electron chi connectivity index (χ0n) is 13.5. The maximum atomic E-state index is 12.9. The average Bonchev–Trinajstić information content (AvgIpc) is 3.23. The maximum Gasteiger partial charge on any atom is 0.338 e. The van der Waals surface area contributed by atoms with Gasteiger partial charge in [0.25, 0.3) is 0 Å². The standard InChI is InChI=1S/C18H17NO6/c1-2-24-17(23)10-3-5-11(6-4-10)19-9-18-8-7-12(25-18)13(16(21)22)14(18)15(19)20/h3-8,12-14H,2,9H2,1H3,(H,21,22)/t12-,13-,14-,18-/m0/s1. The van der Waals surface area contributed by atoms with Gasteiger partial charge in [0.2, 0.25) is 5.91 Å². The summed E-state index contributed by atoms with van der Waals surface area (Å²) in [5, 5.41) is 9.47. The van der Waals surface area contributed by atoms with Gasteiger partial charge in [-0.25, -0.2) is 4.79 Å². The molecule has 0 radical (unpaired) electrons. The number of benzene rings is 1. The number of fused-ring (bicyclic) bond motifs is 1. The number of hydrogen-bond acceptors (Lipinski definition) is 5. The zero-order valence-corrected chi connectivity index (χ0v) is 13.5. The fraction of sp³-hybridized carbons (Fsp3) is 0.389. The van der Waals surface area contributed by atoms with Crippen LogP contribution in [-0.4, -0.2) is 47.8 Å². The Bertz CT molecular complexity index is 785. The number of carbonyl (C=O) groups is 3. The largest absolute Gasteiger partial charge is 0.481 e. The molecule has 7 heteroatoms. The normalized spacial score (nSPS) is 32.1. The third-order valence-electron chi connectivity index (χ3n) is 5.08. The van der Waals surface area contributed by atoms with E-state index >= 15 is 0 Å². The van der Waals surface area contributed by atoms with Crippen molar-refractivity contribution in [1.82, 2.24) is 0 Å². The molecule has 1 N–H and O–H groups in total. The molecule has 2 saturated heterocycles. The van der Waals surface area contributed by atoms with Gasteiger partial charge in [-0.3, -0.25) is 9.59 Å². The highest BCUT2D eigenvalue weighted by Crippen LogP contribution is 2.52. The SMILES string of the molecule is CCOC(=O)c1ccc(N2C[C@]34C=C[C@H](O3)[C@H](C(=O)O)[C@H]4C2=O)cc1. The molecule has 1 aromatic carbocycles. The number of anilines is 1. The Hall–Kier alpha value is -2.67. The summed E-state index contributed by atoms with van der Waals surface area (Å²) in [4.78, 5) is 37.7. The van der Waals surface area contributed by atoms with Crippen molar-refractivity contribution < 1.29 is 29.0 Å². The Morgan fingerprint density at radius 2 is 2.08 bits per heavy atom. The number of hydrogen-bond donors (Lipinski definition) is 1. The third-order valence-corrected chi connectivity index (χ3v) is 5.08. The molecule has 1 aromatic rings. The van der Waals surface area contributed by atoms with Crippen molar-refractivity contribution in [2.45, 2.75) is 18.6 Å². The third kappa shape index (κ3) is 2.19. The van der Waals surface area contributed by atoms with Crippen molar-refractivity contribution in [1.29, 1.82) is 0 Å². The number of carboxylic acid groups (broad SMARTS) is 1. The second-order valence-corrected chi connectivity index (χ2v) is 6.43. The molecule has 0 saturated carbocycles. The number of carbonyl (C=O) groups excluding carboxylic acids is 2. The van der Waals surface area contributed by atoms with Crippen LogP contribution in [0.3, 0.4) is 0 Å². The van der Waals surface area contributed by atoms with E-state index in [0.29, 0.717) is 11.3 Å². The zero-order chi connectivity index (χ0) is 17.8. The minimum absolute atomic E-state index is 0.261.